The topological polar surface area (TPSA) is 69.7 Å². The van der Waals surface area contributed by atoms with Crippen LogP contribution in [0.4, 0.5) is 5.69 Å². The van der Waals surface area contributed by atoms with Gasteiger partial charge in [0.1, 0.15) is 0 Å². The number of amides is 3. The van der Waals surface area contributed by atoms with E-state index < -0.39 is 11.8 Å². The first-order chi connectivity index (χ1) is 14.0. The van der Waals surface area contributed by atoms with Gasteiger partial charge in [0.25, 0.3) is 5.91 Å². The van der Waals surface area contributed by atoms with Crippen LogP contribution in [0.25, 0.3) is 0 Å². The maximum Gasteiger partial charge on any atom is 0.313 e. The Hall–Kier alpha value is -2.37. The molecule has 6 heteroatoms. The normalized spacial score (nSPS) is 23.1. The fraction of sp³-hybridized carbons (Fsp3) is 0.609. The fourth-order valence-corrected chi connectivity index (χ4v) is 4.28. The lowest BCUT2D eigenvalue weighted by atomic mass is 10.1. The molecule has 2 atom stereocenters. The highest BCUT2D eigenvalue weighted by Crippen LogP contribution is 2.21. The third-order valence-corrected chi connectivity index (χ3v) is 6.10. The molecule has 2 fully saturated rings. The van der Waals surface area contributed by atoms with E-state index >= 15 is 0 Å². The molecular weight excluding hydrogens is 366 g/mol. The summed E-state index contributed by atoms with van der Waals surface area (Å²) < 4.78 is 0. The third-order valence-electron chi connectivity index (χ3n) is 6.10. The van der Waals surface area contributed by atoms with E-state index in [1.54, 1.807) is 29.2 Å². The predicted octanol–water partition coefficient (Wildman–Crippen LogP) is 3.68. The Bertz CT molecular complexity index is 723. The lowest BCUT2D eigenvalue weighted by Gasteiger charge is -2.28. The van der Waals surface area contributed by atoms with Gasteiger partial charge in [-0.25, -0.2) is 0 Å². The lowest BCUT2D eigenvalue weighted by molar-refractivity contribution is -0.144. The van der Waals surface area contributed by atoms with Crippen LogP contribution in [0.15, 0.2) is 24.3 Å². The first-order valence-electron chi connectivity index (χ1n) is 11.0. The van der Waals surface area contributed by atoms with Crippen molar-refractivity contribution in [3.8, 4) is 0 Å². The summed E-state index contributed by atoms with van der Waals surface area (Å²) in [6.45, 7) is 6.36. The van der Waals surface area contributed by atoms with Crippen LogP contribution in [0.1, 0.15) is 69.2 Å². The van der Waals surface area contributed by atoms with Crippen molar-refractivity contribution < 1.29 is 14.4 Å². The minimum Gasteiger partial charge on any atom is -0.339 e. The molecule has 2 saturated heterocycles. The van der Waals surface area contributed by atoms with E-state index in [0.29, 0.717) is 23.7 Å². The van der Waals surface area contributed by atoms with Crippen molar-refractivity contribution in [2.24, 2.45) is 5.92 Å². The molecule has 2 heterocycles. The maximum absolute atomic E-state index is 12.7. The Kier molecular flexibility index (Phi) is 7.29. The molecule has 0 aliphatic carbocycles. The van der Waals surface area contributed by atoms with Crippen LogP contribution < -0.4 is 5.32 Å². The molecule has 0 radical (unpaired) electrons. The molecular formula is C23H33N3O3. The van der Waals surface area contributed by atoms with Gasteiger partial charge in [-0.15, -0.1) is 0 Å². The zero-order valence-electron chi connectivity index (χ0n) is 17.7. The highest BCUT2D eigenvalue weighted by atomic mass is 16.2. The van der Waals surface area contributed by atoms with Crippen LogP contribution in [-0.2, 0) is 9.59 Å². The molecule has 1 N–H and O–H groups in total. The lowest BCUT2D eigenvalue weighted by Crippen LogP contribution is -2.45. The molecule has 6 nitrogen and oxygen atoms in total. The molecule has 1 aromatic rings. The quantitative estimate of drug-likeness (QED) is 0.772. The number of carbonyl (C=O) groups excluding carboxylic acids is 3. The van der Waals surface area contributed by atoms with Crippen LogP contribution in [0.5, 0.6) is 0 Å². The number of carbonyl (C=O) groups is 3. The van der Waals surface area contributed by atoms with Crippen LogP contribution >= 0.6 is 0 Å². The molecule has 2 aliphatic rings. The van der Waals surface area contributed by atoms with E-state index in [0.717, 1.165) is 45.2 Å². The highest BCUT2D eigenvalue weighted by molar-refractivity contribution is 6.39. The number of hydrogen-bond acceptors (Lipinski definition) is 3. The van der Waals surface area contributed by atoms with Crippen LogP contribution in [0.3, 0.4) is 0 Å². The molecule has 3 rings (SSSR count). The zero-order chi connectivity index (χ0) is 20.8. The Morgan fingerprint density at radius 1 is 0.897 bits per heavy atom. The first kappa shape index (κ1) is 21.3. The van der Waals surface area contributed by atoms with Crippen LogP contribution in [0, 0.1) is 5.92 Å². The second-order valence-electron chi connectivity index (χ2n) is 8.58. The van der Waals surface area contributed by atoms with Gasteiger partial charge in [-0.1, -0.05) is 26.2 Å². The van der Waals surface area contributed by atoms with Crippen molar-refractivity contribution in [3.63, 3.8) is 0 Å². The Balaban J connectivity index is 1.60. The summed E-state index contributed by atoms with van der Waals surface area (Å²) in [5, 5.41) is 2.70. The smallest absolute Gasteiger partial charge is 0.313 e. The molecule has 2 aliphatic heterocycles. The van der Waals surface area contributed by atoms with Gasteiger partial charge in [-0.3, -0.25) is 14.4 Å². The molecule has 0 aromatic heterocycles. The molecule has 3 amide bonds. The van der Waals surface area contributed by atoms with E-state index in [4.69, 9.17) is 0 Å². The van der Waals surface area contributed by atoms with Crippen molar-refractivity contribution in [3.05, 3.63) is 29.8 Å². The summed E-state index contributed by atoms with van der Waals surface area (Å²) in [5.41, 5.74) is 1.15. The Morgan fingerprint density at radius 3 is 2.21 bits per heavy atom. The van der Waals surface area contributed by atoms with Crippen molar-refractivity contribution >= 4 is 23.4 Å². The largest absolute Gasteiger partial charge is 0.339 e. The Morgan fingerprint density at radius 2 is 1.55 bits per heavy atom. The average molecular weight is 400 g/mol. The van der Waals surface area contributed by atoms with Crippen molar-refractivity contribution in [2.45, 2.75) is 64.8 Å². The summed E-state index contributed by atoms with van der Waals surface area (Å²) in [5.74, 6) is -0.650. The number of nitrogens with one attached hydrogen (secondary N) is 1. The number of hydrogen-bond donors (Lipinski definition) is 1. The summed E-state index contributed by atoms with van der Waals surface area (Å²) in [6.07, 6.45) is 7.55. The van der Waals surface area contributed by atoms with Gasteiger partial charge >= 0.3 is 11.8 Å². The summed E-state index contributed by atoms with van der Waals surface area (Å²) >= 11 is 0. The van der Waals surface area contributed by atoms with E-state index in [2.05, 4.69) is 12.2 Å². The number of likely N-dealkylation sites (tertiary alicyclic amines) is 2. The van der Waals surface area contributed by atoms with E-state index in [9.17, 15) is 14.4 Å². The van der Waals surface area contributed by atoms with Gasteiger partial charge in [-0.05, 0) is 62.8 Å². The number of nitrogens with zero attached hydrogens (tertiary/aromatic N) is 2. The van der Waals surface area contributed by atoms with E-state index in [-0.39, 0.29) is 11.9 Å². The van der Waals surface area contributed by atoms with Crippen molar-refractivity contribution in [1.29, 1.82) is 0 Å². The molecule has 1 aromatic carbocycles. The highest BCUT2D eigenvalue weighted by Gasteiger charge is 2.29. The summed E-state index contributed by atoms with van der Waals surface area (Å²) in [6, 6.07) is 6.93. The Labute approximate surface area is 173 Å². The molecule has 158 valence electrons. The number of anilines is 1. The van der Waals surface area contributed by atoms with E-state index in [1.807, 2.05) is 11.8 Å². The maximum atomic E-state index is 12.7. The van der Waals surface area contributed by atoms with Gasteiger partial charge in [0.05, 0.1) is 0 Å². The van der Waals surface area contributed by atoms with Crippen LogP contribution in [-0.4, -0.2) is 53.2 Å². The van der Waals surface area contributed by atoms with Gasteiger partial charge < -0.3 is 15.1 Å². The minimum absolute atomic E-state index is 0.0354. The minimum atomic E-state index is -0.613. The third kappa shape index (κ3) is 5.58. The van der Waals surface area contributed by atoms with Crippen molar-refractivity contribution in [1.82, 2.24) is 9.80 Å². The SMILES string of the molecule is C[C@@H]1CCC[C@@H](C)N(C(=O)C(=O)Nc2ccc(C(=O)N3CCCCCC3)cc2)C1. The summed E-state index contributed by atoms with van der Waals surface area (Å²) in [7, 11) is 0. The second-order valence-corrected chi connectivity index (χ2v) is 8.58. The van der Waals surface area contributed by atoms with Crippen molar-refractivity contribution in [2.75, 3.05) is 25.0 Å². The van der Waals surface area contributed by atoms with Gasteiger partial charge in [-0.2, -0.15) is 0 Å². The van der Waals surface area contributed by atoms with Gasteiger partial charge in [0.2, 0.25) is 0 Å². The van der Waals surface area contributed by atoms with Crippen LogP contribution in [0.2, 0.25) is 0 Å². The van der Waals surface area contributed by atoms with Gasteiger partial charge in [0.15, 0.2) is 0 Å². The first-order valence-corrected chi connectivity index (χ1v) is 11.0. The standard InChI is InChI=1S/C23H33N3O3/c1-17-8-7-9-18(2)26(16-17)23(29)21(27)24-20-12-10-19(11-13-20)22(28)25-14-5-3-4-6-15-25/h10-13,17-18H,3-9,14-16H2,1-2H3,(H,24,27)/t17-,18-/m1/s1. The van der Waals surface area contributed by atoms with Gasteiger partial charge in [0, 0.05) is 36.9 Å². The molecule has 0 bridgehead atoms. The molecule has 0 spiro atoms. The monoisotopic (exact) mass is 399 g/mol. The average Bonchev–Trinajstić information content (AvgIpc) is 3.08. The predicted molar refractivity (Wildman–Crippen MR) is 114 cm³/mol. The second kappa shape index (κ2) is 9.90. The number of rotatable bonds is 2. The zero-order valence-corrected chi connectivity index (χ0v) is 17.7. The summed E-state index contributed by atoms with van der Waals surface area (Å²) in [4.78, 5) is 41.5. The molecule has 0 saturated carbocycles. The fourth-order valence-electron chi connectivity index (χ4n) is 4.28. The molecule has 0 unspecified atom stereocenters. The molecule has 29 heavy (non-hydrogen) atoms. The van der Waals surface area contributed by atoms with E-state index in [1.165, 1.54) is 12.8 Å². The number of benzene rings is 1.